The Bertz CT molecular complexity index is 418. The highest BCUT2D eigenvalue weighted by atomic mass is 79.9. The number of carboxylic acid groups (broad SMARTS) is 1. The van der Waals surface area contributed by atoms with Gasteiger partial charge in [-0.3, -0.25) is 0 Å². The molecular weight excluding hydrogens is 279 g/mol. The molecule has 0 amide bonds. The first kappa shape index (κ1) is 12.7. The van der Waals surface area contributed by atoms with Crippen LogP contribution in [0.25, 0.3) is 6.08 Å². The van der Waals surface area contributed by atoms with E-state index >= 15 is 0 Å². The van der Waals surface area contributed by atoms with Gasteiger partial charge in [-0.15, -0.1) is 0 Å². The van der Waals surface area contributed by atoms with Crippen LogP contribution < -0.4 is 4.74 Å². The van der Waals surface area contributed by atoms with Crippen molar-refractivity contribution in [2.75, 3.05) is 0 Å². The van der Waals surface area contributed by atoms with Crippen LogP contribution in [0.5, 0.6) is 5.75 Å². The Kier molecular flexibility index (Phi) is 4.49. The Morgan fingerprint density at radius 3 is 2.88 bits per heavy atom. The number of carboxylic acids is 1. The van der Waals surface area contributed by atoms with Crippen LogP contribution >= 0.6 is 15.9 Å². The Balaban J connectivity index is 2.99. The van der Waals surface area contributed by atoms with Crippen molar-refractivity contribution in [2.24, 2.45) is 0 Å². The molecule has 0 bridgehead atoms. The molecule has 3 nitrogen and oxygen atoms in total. The molecule has 0 saturated heterocycles. The lowest BCUT2D eigenvalue weighted by molar-refractivity contribution is -0.144. The van der Waals surface area contributed by atoms with Crippen molar-refractivity contribution >= 4 is 28.0 Å². The zero-order valence-corrected chi connectivity index (χ0v) is 10.1. The highest BCUT2D eigenvalue weighted by molar-refractivity contribution is 9.10. The van der Waals surface area contributed by atoms with Gasteiger partial charge in [0.25, 0.3) is 0 Å². The summed E-state index contributed by atoms with van der Waals surface area (Å²) in [6, 6.07) is 4.91. The number of hydrogen-bond acceptors (Lipinski definition) is 2. The van der Waals surface area contributed by atoms with Crippen molar-refractivity contribution in [3.8, 4) is 5.75 Å². The second-order valence-electron chi connectivity index (χ2n) is 3.07. The van der Waals surface area contributed by atoms with Crippen LogP contribution in [0.4, 0.5) is 4.39 Å². The van der Waals surface area contributed by atoms with Crippen LogP contribution in [0.2, 0.25) is 0 Å². The second kappa shape index (κ2) is 5.65. The molecule has 0 radical (unpaired) electrons. The summed E-state index contributed by atoms with van der Waals surface area (Å²) >= 11 is 3.23. The van der Waals surface area contributed by atoms with Gasteiger partial charge in [0.05, 0.1) is 6.33 Å². The highest BCUT2D eigenvalue weighted by Crippen LogP contribution is 2.25. The quantitative estimate of drug-likeness (QED) is 0.925. The minimum Gasteiger partial charge on any atom is -0.479 e. The fourth-order valence-corrected chi connectivity index (χ4v) is 1.44. The molecule has 1 atom stereocenters. The number of benzene rings is 1. The van der Waals surface area contributed by atoms with Gasteiger partial charge in [-0.25, -0.2) is 9.18 Å². The number of rotatable bonds is 4. The number of ether oxygens (including phenoxy) is 1. The normalized spacial score (nSPS) is 12.7. The second-order valence-corrected chi connectivity index (χ2v) is 3.99. The summed E-state index contributed by atoms with van der Waals surface area (Å²) < 4.78 is 18.1. The van der Waals surface area contributed by atoms with Crippen LogP contribution in [0.15, 0.2) is 29.0 Å². The lowest BCUT2D eigenvalue weighted by Crippen LogP contribution is -2.23. The zero-order valence-electron chi connectivity index (χ0n) is 8.48. The molecule has 0 aromatic heterocycles. The van der Waals surface area contributed by atoms with Gasteiger partial charge in [0.1, 0.15) is 5.75 Å². The monoisotopic (exact) mass is 288 g/mol. The average molecular weight is 289 g/mol. The smallest absolute Gasteiger partial charge is 0.344 e. The summed E-state index contributed by atoms with van der Waals surface area (Å²) in [5.74, 6) is -0.745. The molecule has 0 aliphatic heterocycles. The third-order valence-electron chi connectivity index (χ3n) is 1.87. The van der Waals surface area contributed by atoms with E-state index in [0.717, 1.165) is 4.47 Å². The third-order valence-corrected chi connectivity index (χ3v) is 2.36. The molecule has 86 valence electrons. The van der Waals surface area contributed by atoms with E-state index in [1.807, 2.05) is 0 Å². The Labute approximate surface area is 101 Å². The number of aliphatic carboxylic acids is 1. The van der Waals surface area contributed by atoms with Gasteiger partial charge in [0, 0.05) is 10.0 Å². The molecular formula is C11H10BrFO3. The van der Waals surface area contributed by atoms with Crippen molar-refractivity contribution in [3.63, 3.8) is 0 Å². The van der Waals surface area contributed by atoms with Gasteiger partial charge in [-0.1, -0.05) is 15.9 Å². The maximum atomic E-state index is 12.1. The van der Waals surface area contributed by atoms with Gasteiger partial charge in [0.2, 0.25) is 0 Å². The predicted octanol–water partition coefficient (Wildman–Crippen LogP) is 3.24. The lowest BCUT2D eigenvalue weighted by Gasteiger charge is -2.12. The van der Waals surface area contributed by atoms with Crippen molar-refractivity contribution in [1.82, 2.24) is 0 Å². The van der Waals surface area contributed by atoms with Gasteiger partial charge >= 0.3 is 5.97 Å². The molecule has 0 aliphatic carbocycles. The van der Waals surface area contributed by atoms with E-state index in [4.69, 9.17) is 9.84 Å². The van der Waals surface area contributed by atoms with Gasteiger partial charge < -0.3 is 9.84 Å². The first-order valence-corrected chi connectivity index (χ1v) is 5.29. The number of halogens is 2. The van der Waals surface area contributed by atoms with E-state index < -0.39 is 12.1 Å². The predicted molar refractivity (Wildman–Crippen MR) is 62.0 cm³/mol. The van der Waals surface area contributed by atoms with Crippen LogP contribution in [-0.2, 0) is 4.79 Å². The van der Waals surface area contributed by atoms with Gasteiger partial charge in [0.15, 0.2) is 6.10 Å². The van der Waals surface area contributed by atoms with E-state index in [1.165, 1.54) is 13.0 Å². The molecule has 0 fully saturated rings. The van der Waals surface area contributed by atoms with Crippen molar-refractivity contribution < 1.29 is 19.0 Å². The van der Waals surface area contributed by atoms with E-state index in [1.54, 1.807) is 18.2 Å². The van der Waals surface area contributed by atoms with Gasteiger partial charge in [-0.05, 0) is 31.2 Å². The first-order chi connectivity index (χ1) is 7.54. The van der Waals surface area contributed by atoms with Crippen molar-refractivity contribution in [3.05, 3.63) is 34.6 Å². The minimum atomic E-state index is -1.07. The fourth-order valence-electron chi connectivity index (χ4n) is 1.07. The summed E-state index contributed by atoms with van der Waals surface area (Å²) in [5, 5.41) is 8.69. The standard InChI is InChI=1S/C11H10BrFO3/c1-7(11(14)15)16-10-3-2-9(12)6-8(10)4-5-13/h2-7H,1H3,(H,14,15)/b5-4+/t7-/m0/s1. The van der Waals surface area contributed by atoms with Crippen LogP contribution in [0.1, 0.15) is 12.5 Å². The van der Waals surface area contributed by atoms with Crippen molar-refractivity contribution in [2.45, 2.75) is 13.0 Å². The summed E-state index contributed by atoms with van der Waals surface area (Å²) in [4.78, 5) is 10.6. The van der Waals surface area contributed by atoms with E-state index in [2.05, 4.69) is 15.9 Å². The molecule has 1 N–H and O–H groups in total. The van der Waals surface area contributed by atoms with Crippen LogP contribution in [0.3, 0.4) is 0 Å². The zero-order chi connectivity index (χ0) is 12.1. The molecule has 16 heavy (non-hydrogen) atoms. The Morgan fingerprint density at radius 2 is 2.31 bits per heavy atom. The first-order valence-electron chi connectivity index (χ1n) is 4.50. The summed E-state index contributed by atoms with van der Waals surface area (Å²) in [7, 11) is 0. The van der Waals surface area contributed by atoms with Crippen LogP contribution in [-0.4, -0.2) is 17.2 Å². The topological polar surface area (TPSA) is 46.5 Å². The largest absolute Gasteiger partial charge is 0.479 e. The number of hydrogen-bond donors (Lipinski definition) is 1. The number of carbonyl (C=O) groups is 1. The molecule has 0 heterocycles. The molecule has 0 aliphatic rings. The minimum absolute atomic E-state index is 0.326. The van der Waals surface area contributed by atoms with E-state index in [0.29, 0.717) is 17.6 Å². The molecule has 1 aromatic rings. The average Bonchev–Trinajstić information content (AvgIpc) is 2.22. The van der Waals surface area contributed by atoms with E-state index in [-0.39, 0.29) is 0 Å². The SMILES string of the molecule is C[C@H](Oc1ccc(Br)cc1/C=C/F)C(=O)O. The lowest BCUT2D eigenvalue weighted by atomic mass is 10.2. The van der Waals surface area contributed by atoms with Gasteiger partial charge in [-0.2, -0.15) is 0 Å². The van der Waals surface area contributed by atoms with Crippen molar-refractivity contribution in [1.29, 1.82) is 0 Å². The van der Waals surface area contributed by atoms with E-state index in [9.17, 15) is 9.18 Å². The molecule has 0 saturated carbocycles. The maximum absolute atomic E-state index is 12.1. The Hall–Kier alpha value is -1.36. The Morgan fingerprint density at radius 1 is 1.62 bits per heavy atom. The molecule has 1 rings (SSSR count). The summed E-state index contributed by atoms with van der Waals surface area (Å²) in [5.41, 5.74) is 0.477. The highest BCUT2D eigenvalue weighted by Gasteiger charge is 2.14. The fraction of sp³-hybridized carbons (Fsp3) is 0.182. The molecule has 5 heteroatoms. The van der Waals surface area contributed by atoms with Crippen LogP contribution in [0, 0.1) is 0 Å². The summed E-state index contributed by atoms with van der Waals surface area (Å²) in [6.45, 7) is 1.41. The third kappa shape index (κ3) is 3.34. The molecule has 1 aromatic carbocycles. The molecule has 0 unspecified atom stereocenters. The molecule has 0 spiro atoms. The maximum Gasteiger partial charge on any atom is 0.344 e. The summed E-state index contributed by atoms with van der Waals surface area (Å²) in [6.07, 6.45) is 0.599.